The minimum absolute atomic E-state index is 0.0457. The molecule has 56 heavy (non-hydrogen) atoms. The van der Waals surface area contributed by atoms with Crippen molar-refractivity contribution in [1.29, 1.82) is 0 Å². The van der Waals surface area contributed by atoms with E-state index in [1.54, 1.807) is 6.20 Å². The van der Waals surface area contributed by atoms with E-state index in [9.17, 15) is 0 Å². The fraction of sp³-hybridized carbons (Fsp3) is 0.0755. The summed E-state index contributed by atoms with van der Waals surface area (Å²) in [4.78, 5) is 14.2. The number of aliphatic imine (C=N–C) groups is 1. The van der Waals surface area contributed by atoms with Crippen LogP contribution in [0.1, 0.15) is 37.5 Å². The topological polar surface area (TPSA) is 38.1 Å². The van der Waals surface area contributed by atoms with Gasteiger partial charge >= 0.3 is 0 Å². The number of fused-ring (bicyclic) bond motifs is 4. The zero-order valence-electron chi connectivity index (χ0n) is 31.9. The summed E-state index contributed by atoms with van der Waals surface area (Å²) in [5.74, 6) is 0.689. The van der Waals surface area contributed by atoms with Crippen molar-refractivity contribution in [3.63, 3.8) is 0 Å². The van der Waals surface area contributed by atoms with Gasteiger partial charge in [0, 0.05) is 28.3 Å². The Labute approximate surface area is 329 Å². The molecular weight excluding hydrogens is 679 g/mol. The first-order chi connectivity index (χ1) is 27.4. The van der Waals surface area contributed by atoms with Crippen LogP contribution in [0, 0.1) is 0 Å². The SMILES string of the molecule is C=N/C=C\C=C(/C)c1ccc(-c2cc(-c3ccc(-c4ccc5c(c4)C(C)(C)c4ccccc4-5)cc3)nc(-c3ccc(-c4cccc5ccccc45)cc3)n2)cc1. The van der Waals surface area contributed by atoms with Crippen LogP contribution < -0.4 is 0 Å². The maximum Gasteiger partial charge on any atom is 0.160 e. The largest absolute Gasteiger partial charge is 0.273 e. The Balaban J connectivity index is 1.08. The molecule has 8 aromatic rings. The number of rotatable bonds is 8. The quantitative estimate of drug-likeness (QED) is 0.116. The van der Waals surface area contributed by atoms with Gasteiger partial charge in [-0.1, -0.05) is 172 Å². The third-order valence-electron chi connectivity index (χ3n) is 11.2. The van der Waals surface area contributed by atoms with Crippen molar-refractivity contribution in [2.75, 3.05) is 0 Å². The molecule has 9 rings (SSSR count). The smallest absolute Gasteiger partial charge is 0.160 e. The molecule has 0 radical (unpaired) electrons. The van der Waals surface area contributed by atoms with Crippen molar-refractivity contribution < 1.29 is 0 Å². The number of benzene rings is 7. The van der Waals surface area contributed by atoms with Crippen molar-refractivity contribution in [1.82, 2.24) is 9.97 Å². The van der Waals surface area contributed by atoms with Gasteiger partial charge in [-0.2, -0.15) is 0 Å². The van der Waals surface area contributed by atoms with Gasteiger partial charge in [0.05, 0.1) is 11.4 Å². The molecule has 1 aliphatic carbocycles. The number of nitrogens with zero attached hydrogens (tertiary/aromatic N) is 3. The average Bonchev–Trinajstić information content (AvgIpc) is 3.48. The average molecular weight is 720 g/mol. The number of aromatic nitrogens is 2. The lowest BCUT2D eigenvalue weighted by Gasteiger charge is -2.22. The molecule has 268 valence electrons. The van der Waals surface area contributed by atoms with Crippen LogP contribution in [0.3, 0.4) is 0 Å². The highest BCUT2D eigenvalue weighted by Crippen LogP contribution is 2.49. The summed E-state index contributed by atoms with van der Waals surface area (Å²) in [5.41, 5.74) is 17.2. The first-order valence-corrected chi connectivity index (χ1v) is 19.1. The Morgan fingerprint density at radius 2 is 1.11 bits per heavy atom. The molecule has 0 bridgehead atoms. The summed E-state index contributed by atoms with van der Waals surface area (Å²) < 4.78 is 0. The number of allylic oxidation sites excluding steroid dienone is 3. The molecule has 1 aliphatic rings. The molecule has 0 unspecified atom stereocenters. The predicted molar refractivity (Wildman–Crippen MR) is 237 cm³/mol. The highest BCUT2D eigenvalue weighted by molar-refractivity contribution is 5.97. The lowest BCUT2D eigenvalue weighted by molar-refractivity contribution is 0.660. The second kappa shape index (κ2) is 14.4. The highest BCUT2D eigenvalue weighted by atomic mass is 14.9. The van der Waals surface area contributed by atoms with Gasteiger partial charge in [-0.05, 0) is 98.3 Å². The van der Waals surface area contributed by atoms with Crippen LogP contribution in [0.5, 0.6) is 0 Å². The summed E-state index contributed by atoms with van der Waals surface area (Å²) in [7, 11) is 0. The molecule has 0 saturated heterocycles. The number of hydrogen-bond donors (Lipinski definition) is 0. The Kier molecular flexibility index (Phi) is 8.91. The first-order valence-electron chi connectivity index (χ1n) is 19.1. The molecule has 0 aliphatic heterocycles. The monoisotopic (exact) mass is 719 g/mol. The zero-order valence-corrected chi connectivity index (χ0v) is 31.9. The van der Waals surface area contributed by atoms with Crippen molar-refractivity contribution in [3.05, 3.63) is 199 Å². The first kappa shape index (κ1) is 34.8. The van der Waals surface area contributed by atoms with Gasteiger partial charge < -0.3 is 0 Å². The summed E-state index contributed by atoms with van der Waals surface area (Å²) in [6.07, 6.45) is 5.63. The van der Waals surface area contributed by atoms with E-state index >= 15 is 0 Å². The van der Waals surface area contributed by atoms with Crippen LogP contribution in [0.25, 0.3) is 83.6 Å². The molecule has 0 amide bonds. The molecule has 7 aromatic carbocycles. The normalized spacial score (nSPS) is 13.2. The summed E-state index contributed by atoms with van der Waals surface area (Å²) in [6, 6.07) is 58.8. The van der Waals surface area contributed by atoms with Crippen LogP contribution >= 0.6 is 0 Å². The van der Waals surface area contributed by atoms with Gasteiger partial charge in [0.1, 0.15) is 0 Å². The zero-order chi connectivity index (χ0) is 38.2. The molecule has 1 aromatic heterocycles. The van der Waals surface area contributed by atoms with Crippen molar-refractivity contribution in [2.45, 2.75) is 26.2 Å². The van der Waals surface area contributed by atoms with Crippen LogP contribution in [-0.2, 0) is 5.41 Å². The molecule has 0 N–H and O–H groups in total. The maximum atomic E-state index is 5.19. The standard InChI is InChI=1S/C53H41N3/c1-35(11-10-32-54-4)36-18-24-40(25-19-36)50-34-51(56-52(55-50)42-28-22-39(23-29-42)45-16-9-13-38-12-5-6-14-44(38)45)41-26-20-37(21-27-41)43-30-31-47-46-15-7-8-17-48(46)53(2,3)49(47)33-43/h5-34H,4H2,1-3H3/b32-10-,35-11+. The molecule has 0 spiro atoms. The third-order valence-corrected chi connectivity index (χ3v) is 11.2. The van der Waals surface area contributed by atoms with Crippen molar-refractivity contribution in [2.24, 2.45) is 4.99 Å². The Hall–Kier alpha value is -6.97. The lowest BCUT2D eigenvalue weighted by atomic mass is 9.81. The molecule has 0 fully saturated rings. The van der Waals surface area contributed by atoms with E-state index in [1.807, 2.05) is 12.2 Å². The van der Waals surface area contributed by atoms with Gasteiger partial charge in [0.25, 0.3) is 0 Å². The molecule has 0 atom stereocenters. The van der Waals surface area contributed by atoms with E-state index in [1.165, 1.54) is 49.7 Å². The predicted octanol–water partition coefficient (Wildman–Crippen LogP) is 13.9. The molecule has 3 nitrogen and oxygen atoms in total. The van der Waals surface area contributed by atoms with E-state index in [0.29, 0.717) is 5.82 Å². The fourth-order valence-corrected chi connectivity index (χ4v) is 8.11. The fourth-order valence-electron chi connectivity index (χ4n) is 8.11. The van der Waals surface area contributed by atoms with Gasteiger partial charge in [0.15, 0.2) is 5.82 Å². The molecular formula is C53H41N3. The minimum atomic E-state index is -0.0457. The van der Waals surface area contributed by atoms with Gasteiger partial charge in [0.2, 0.25) is 0 Å². The summed E-state index contributed by atoms with van der Waals surface area (Å²) >= 11 is 0. The van der Waals surface area contributed by atoms with Crippen molar-refractivity contribution in [3.8, 4) is 67.3 Å². The number of hydrogen-bond acceptors (Lipinski definition) is 3. The third kappa shape index (κ3) is 6.37. The lowest BCUT2D eigenvalue weighted by Crippen LogP contribution is -2.14. The van der Waals surface area contributed by atoms with Crippen molar-refractivity contribution >= 4 is 23.1 Å². The van der Waals surface area contributed by atoms with Crippen LogP contribution in [0.2, 0.25) is 0 Å². The highest BCUT2D eigenvalue weighted by Gasteiger charge is 2.35. The second-order valence-electron chi connectivity index (χ2n) is 15.0. The Bertz CT molecular complexity index is 2820. The molecule has 0 saturated carbocycles. The maximum absolute atomic E-state index is 5.19. The summed E-state index contributed by atoms with van der Waals surface area (Å²) in [6.45, 7) is 10.3. The summed E-state index contributed by atoms with van der Waals surface area (Å²) in [5, 5.41) is 2.47. The van der Waals surface area contributed by atoms with E-state index in [-0.39, 0.29) is 5.41 Å². The van der Waals surface area contributed by atoms with Crippen LogP contribution in [-0.4, -0.2) is 16.7 Å². The second-order valence-corrected chi connectivity index (χ2v) is 15.0. The Morgan fingerprint density at radius 3 is 1.86 bits per heavy atom. The molecule has 1 heterocycles. The van der Waals surface area contributed by atoms with E-state index in [2.05, 4.69) is 196 Å². The van der Waals surface area contributed by atoms with Crippen LogP contribution in [0.4, 0.5) is 0 Å². The van der Waals surface area contributed by atoms with E-state index < -0.39 is 0 Å². The Morgan fingerprint density at radius 1 is 0.536 bits per heavy atom. The minimum Gasteiger partial charge on any atom is -0.273 e. The van der Waals surface area contributed by atoms with Gasteiger partial charge in [-0.15, -0.1) is 0 Å². The van der Waals surface area contributed by atoms with E-state index in [4.69, 9.17) is 9.97 Å². The molecule has 3 heteroatoms. The van der Waals surface area contributed by atoms with Gasteiger partial charge in [-0.25, -0.2) is 9.97 Å². The van der Waals surface area contributed by atoms with Gasteiger partial charge in [-0.3, -0.25) is 4.99 Å². The van der Waals surface area contributed by atoms with E-state index in [0.717, 1.165) is 44.8 Å². The van der Waals surface area contributed by atoms with Crippen LogP contribution in [0.15, 0.2) is 187 Å².